The standard InChI is InChI=1S/C16H21N5O2/c1-16(2,3)23-15(22)20-9-6-11(7-10-20)12-5-4-8-21-13(12)18-14(17)19-21/h4-6,8H,7,9-10H2,1-3H3,(H2,17,19). The Bertz CT molecular complexity index is 772. The van der Waals surface area contributed by atoms with E-state index in [0.29, 0.717) is 13.1 Å². The van der Waals surface area contributed by atoms with Crippen molar-refractivity contribution in [3.63, 3.8) is 0 Å². The third-order valence-electron chi connectivity index (χ3n) is 3.59. The highest BCUT2D eigenvalue weighted by Gasteiger charge is 2.24. The molecule has 0 atom stereocenters. The Morgan fingerprint density at radius 3 is 2.83 bits per heavy atom. The maximum atomic E-state index is 12.1. The number of nitrogen functional groups attached to an aromatic ring is 1. The van der Waals surface area contributed by atoms with E-state index in [0.717, 1.165) is 23.2 Å². The Balaban J connectivity index is 1.80. The third-order valence-corrected chi connectivity index (χ3v) is 3.59. The minimum atomic E-state index is -0.480. The van der Waals surface area contributed by atoms with Gasteiger partial charge in [0.1, 0.15) is 5.60 Å². The fourth-order valence-electron chi connectivity index (χ4n) is 2.58. The van der Waals surface area contributed by atoms with Gasteiger partial charge >= 0.3 is 6.09 Å². The van der Waals surface area contributed by atoms with Crippen LogP contribution in [0.1, 0.15) is 32.8 Å². The lowest BCUT2D eigenvalue weighted by molar-refractivity contribution is 0.0270. The monoisotopic (exact) mass is 315 g/mol. The van der Waals surface area contributed by atoms with Crippen molar-refractivity contribution in [1.82, 2.24) is 19.5 Å². The highest BCUT2D eigenvalue weighted by atomic mass is 16.6. The highest BCUT2D eigenvalue weighted by Crippen LogP contribution is 2.26. The average molecular weight is 315 g/mol. The number of aromatic nitrogens is 3. The molecule has 0 radical (unpaired) electrons. The van der Waals surface area contributed by atoms with Gasteiger partial charge < -0.3 is 15.4 Å². The summed E-state index contributed by atoms with van der Waals surface area (Å²) in [6, 6.07) is 3.91. The maximum Gasteiger partial charge on any atom is 0.410 e. The minimum Gasteiger partial charge on any atom is -0.444 e. The van der Waals surface area contributed by atoms with E-state index in [1.54, 1.807) is 9.42 Å². The summed E-state index contributed by atoms with van der Waals surface area (Å²) in [5.74, 6) is 0.254. The second-order valence-electron chi connectivity index (χ2n) is 6.57. The molecule has 7 heteroatoms. The summed E-state index contributed by atoms with van der Waals surface area (Å²) < 4.78 is 7.08. The van der Waals surface area contributed by atoms with E-state index in [1.807, 2.05) is 45.2 Å². The number of nitrogens with two attached hydrogens (primary N) is 1. The van der Waals surface area contributed by atoms with Gasteiger partial charge in [0.15, 0.2) is 5.65 Å². The van der Waals surface area contributed by atoms with Crippen molar-refractivity contribution in [3.8, 4) is 0 Å². The fourth-order valence-corrected chi connectivity index (χ4v) is 2.58. The Hall–Kier alpha value is -2.57. The zero-order chi connectivity index (χ0) is 16.6. The quantitative estimate of drug-likeness (QED) is 0.873. The predicted octanol–water partition coefficient (Wildman–Crippen LogP) is 2.34. The van der Waals surface area contributed by atoms with Crippen LogP contribution in [0.25, 0.3) is 11.2 Å². The summed E-state index contributed by atoms with van der Waals surface area (Å²) in [5, 5.41) is 4.12. The van der Waals surface area contributed by atoms with Crippen molar-refractivity contribution in [2.24, 2.45) is 0 Å². The lowest BCUT2D eigenvalue weighted by Crippen LogP contribution is -2.39. The van der Waals surface area contributed by atoms with Gasteiger partial charge in [0.25, 0.3) is 0 Å². The van der Waals surface area contributed by atoms with E-state index in [1.165, 1.54) is 0 Å². The first-order chi connectivity index (χ1) is 10.8. The van der Waals surface area contributed by atoms with Gasteiger partial charge in [-0.05, 0) is 44.9 Å². The van der Waals surface area contributed by atoms with Crippen LogP contribution in [0.3, 0.4) is 0 Å². The SMILES string of the molecule is CC(C)(C)OC(=O)N1CC=C(c2cccn3nc(N)nc23)CC1. The number of hydrogen-bond acceptors (Lipinski definition) is 5. The Morgan fingerprint density at radius 1 is 1.39 bits per heavy atom. The number of anilines is 1. The minimum absolute atomic E-state index is 0.254. The van der Waals surface area contributed by atoms with Crippen LogP contribution in [0, 0.1) is 0 Å². The second-order valence-corrected chi connectivity index (χ2v) is 6.57. The second kappa shape index (κ2) is 5.57. The maximum absolute atomic E-state index is 12.1. The van der Waals surface area contributed by atoms with E-state index in [2.05, 4.69) is 10.1 Å². The lowest BCUT2D eigenvalue weighted by atomic mass is 10.0. The first-order valence-corrected chi connectivity index (χ1v) is 7.62. The molecule has 1 amide bonds. The number of carbonyl (C=O) groups excluding carboxylic acids is 1. The summed E-state index contributed by atoms with van der Waals surface area (Å²) in [7, 11) is 0. The molecule has 0 unspecified atom stereocenters. The van der Waals surface area contributed by atoms with Crippen LogP contribution in [-0.2, 0) is 4.74 Å². The summed E-state index contributed by atoms with van der Waals surface area (Å²) in [5.41, 5.74) is 8.08. The number of nitrogens with zero attached hydrogens (tertiary/aromatic N) is 4. The lowest BCUT2D eigenvalue weighted by Gasteiger charge is -2.29. The van der Waals surface area contributed by atoms with Gasteiger partial charge in [0.2, 0.25) is 5.95 Å². The molecule has 122 valence electrons. The molecule has 0 aromatic carbocycles. The summed E-state index contributed by atoms with van der Waals surface area (Å²) in [6.07, 6.45) is 4.32. The molecule has 0 bridgehead atoms. The zero-order valence-corrected chi connectivity index (χ0v) is 13.6. The fraction of sp³-hybridized carbons (Fsp3) is 0.438. The summed E-state index contributed by atoms with van der Waals surface area (Å²) >= 11 is 0. The third kappa shape index (κ3) is 3.28. The number of rotatable bonds is 1. The molecule has 3 rings (SSSR count). The highest BCUT2D eigenvalue weighted by molar-refractivity contribution is 5.78. The predicted molar refractivity (Wildman–Crippen MR) is 87.8 cm³/mol. The number of hydrogen-bond donors (Lipinski definition) is 1. The number of carbonyl (C=O) groups is 1. The normalized spacial score (nSPS) is 15.6. The largest absolute Gasteiger partial charge is 0.444 e. The van der Waals surface area contributed by atoms with E-state index >= 15 is 0 Å². The van der Waals surface area contributed by atoms with Crippen molar-refractivity contribution in [1.29, 1.82) is 0 Å². The first-order valence-electron chi connectivity index (χ1n) is 7.62. The molecule has 1 aliphatic rings. The number of pyridine rings is 1. The molecule has 7 nitrogen and oxygen atoms in total. The van der Waals surface area contributed by atoms with Crippen LogP contribution in [-0.4, -0.2) is 44.3 Å². The number of ether oxygens (including phenoxy) is 1. The Labute approximate surface area is 134 Å². The van der Waals surface area contributed by atoms with Crippen LogP contribution < -0.4 is 5.73 Å². The molecule has 1 aliphatic heterocycles. The van der Waals surface area contributed by atoms with Crippen molar-refractivity contribution in [3.05, 3.63) is 30.0 Å². The molecular weight excluding hydrogens is 294 g/mol. The van der Waals surface area contributed by atoms with E-state index < -0.39 is 5.60 Å². The number of fused-ring (bicyclic) bond motifs is 1. The van der Waals surface area contributed by atoms with Crippen LogP contribution >= 0.6 is 0 Å². The molecule has 0 saturated heterocycles. The van der Waals surface area contributed by atoms with Crippen molar-refractivity contribution in [2.45, 2.75) is 32.8 Å². The molecule has 0 fully saturated rings. The van der Waals surface area contributed by atoms with Gasteiger partial charge in [-0.1, -0.05) is 6.08 Å². The van der Waals surface area contributed by atoms with Gasteiger partial charge in [-0.15, -0.1) is 5.10 Å². The van der Waals surface area contributed by atoms with E-state index in [4.69, 9.17) is 10.5 Å². The van der Waals surface area contributed by atoms with E-state index in [9.17, 15) is 4.79 Å². The molecule has 2 N–H and O–H groups in total. The summed E-state index contributed by atoms with van der Waals surface area (Å²) in [4.78, 5) is 18.1. The van der Waals surface area contributed by atoms with E-state index in [-0.39, 0.29) is 12.0 Å². The first kappa shape index (κ1) is 15.3. The van der Waals surface area contributed by atoms with Crippen molar-refractivity contribution in [2.75, 3.05) is 18.8 Å². The summed E-state index contributed by atoms with van der Waals surface area (Å²) in [6.45, 7) is 6.74. The zero-order valence-electron chi connectivity index (χ0n) is 13.6. The molecule has 0 saturated carbocycles. The molecule has 3 heterocycles. The van der Waals surface area contributed by atoms with Crippen LogP contribution in [0.5, 0.6) is 0 Å². The molecule has 23 heavy (non-hydrogen) atoms. The molecule has 2 aromatic rings. The van der Waals surface area contributed by atoms with Gasteiger partial charge in [-0.25, -0.2) is 9.31 Å². The molecular formula is C16H21N5O2. The topological polar surface area (TPSA) is 85.8 Å². The van der Waals surface area contributed by atoms with Gasteiger partial charge in [0, 0.05) is 24.8 Å². The van der Waals surface area contributed by atoms with Crippen LogP contribution in [0.15, 0.2) is 24.4 Å². The Morgan fingerprint density at radius 2 is 2.17 bits per heavy atom. The molecule has 2 aromatic heterocycles. The number of amides is 1. The van der Waals surface area contributed by atoms with Crippen molar-refractivity contribution < 1.29 is 9.53 Å². The molecule has 0 aliphatic carbocycles. The molecule has 0 spiro atoms. The van der Waals surface area contributed by atoms with Crippen molar-refractivity contribution >= 4 is 23.3 Å². The van der Waals surface area contributed by atoms with Gasteiger partial charge in [-0.3, -0.25) is 0 Å². The van der Waals surface area contributed by atoms with Crippen LogP contribution in [0.2, 0.25) is 0 Å². The van der Waals surface area contributed by atoms with Gasteiger partial charge in [-0.2, -0.15) is 4.98 Å². The van der Waals surface area contributed by atoms with Gasteiger partial charge in [0.05, 0.1) is 0 Å². The average Bonchev–Trinajstić information content (AvgIpc) is 2.85. The Kier molecular flexibility index (Phi) is 3.71. The van der Waals surface area contributed by atoms with Crippen LogP contribution in [0.4, 0.5) is 10.7 Å². The smallest absolute Gasteiger partial charge is 0.410 e.